The number of aryl methyl sites for hydroxylation is 2. The van der Waals surface area contributed by atoms with Crippen LogP contribution in [0.25, 0.3) is 22.1 Å². The number of imidazole rings is 1. The third-order valence-electron chi connectivity index (χ3n) is 4.92. The Bertz CT molecular complexity index is 1400. The van der Waals surface area contributed by atoms with Crippen molar-refractivity contribution in [3.05, 3.63) is 46.9 Å². The number of hydrogen-bond donors (Lipinski definition) is 0. The highest BCUT2D eigenvalue weighted by Crippen LogP contribution is 2.22. The molecule has 29 heavy (non-hydrogen) atoms. The van der Waals surface area contributed by atoms with Crippen LogP contribution in [0.1, 0.15) is 12.7 Å². The van der Waals surface area contributed by atoms with Gasteiger partial charge in [-0.2, -0.15) is 5.10 Å². The largest absolute Gasteiger partial charge is 0.327 e. The zero-order valence-electron chi connectivity index (χ0n) is 16.6. The molecule has 1 aromatic carbocycles. The molecule has 0 unspecified atom stereocenters. The van der Waals surface area contributed by atoms with Gasteiger partial charge in [-0.3, -0.25) is 14.0 Å². The monoisotopic (exact) mass is 415 g/mol. The topological polar surface area (TPSA) is 108 Å². The van der Waals surface area contributed by atoms with Crippen LogP contribution in [0.2, 0.25) is 0 Å². The summed E-state index contributed by atoms with van der Waals surface area (Å²) >= 11 is 0. The van der Waals surface area contributed by atoms with E-state index in [0.717, 1.165) is 5.52 Å². The first-order valence-corrected chi connectivity index (χ1v) is 10.5. The molecule has 0 radical (unpaired) electrons. The second kappa shape index (κ2) is 6.78. The van der Waals surface area contributed by atoms with Gasteiger partial charge in [-0.15, -0.1) is 0 Å². The third-order valence-corrected chi connectivity index (χ3v) is 6.73. The van der Waals surface area contributed by atoms with Crippen LogP contribution < -0.4 is 5.56 Å². The van der Waals surface area contributed by atoms with Crippen molar-refractivity contribution in [2.24, 2.45) is 7.05 Å². The van der Waals surface area contributed by atoms with Crippen LogP contribution in [0.15, 0.2) is 40.4 Å². The lowest BCUT2D eigenvalue weighted by Gasteiger charge is -2.11. The van der Waals surface area contributed by atoms with Gasteiger partial charge in [-0.1, -0.05) is 0 Å². The first kappa shape index (κ1) is 19.3. The molecule has 0 spiro atoms. The summed E-state index contributed by atoms with van der Waals surface area (Å²) in [4.78, 5) is 21.9. The van der Waals surface area contributed by atoms with Gasteiger partial charge in [0.25, 0.3) is 5.56 Å². The second-order valence-electron chi connectivity index (χ2n) is 6.89. The highest BCUT2D eigenvalue weighted by molar-refractivity contribution is 7.89. The van der Waals surface area contributed by atoms with Gasteiger partial charge in [-0.25, -0.2) is 22.7 Å². The molecule has 0 saturated carbocycles. The normalized spacial score (nSPS) is 12.4. The number of rotatable bonds is 5. The van der Waals surface area contributed by atoms with E-state index in [1.165, 1.54) is 35.5 Å². The summed E-state index contributed by atoms with van der Waals surface area (Å²) in [6, 6.07) is 4.88. The van der Waals surface area contributed by atoms with Crippen molar-refractivity contribution in [3.8, 4) is 0 Å². The summed E-state index contributed by atoms with van der Waals surface area (Å²) in [5.74, 6) is 0.647. The molecule has 0 atom stereocenters. The van der Waals surface area contributed by atoms with Crippen molar-refractivity contribution in [2.75, 3.05) is 14.1 Å². The van der Waals surface area contributed by atoms with Gasteiger partial charge in [0.05, 0.1) is 28.7 Å². The van der Waals surface area contributed by atoms with Crippen LogP contribution in [0.4, 0.5) is 0 Å². The quantitative estimate of drug-likeness (QED) is 0.477. The lowest BCUT2D eigenvalue weighted by molar-refractivity contribution is 0.521. The molecule has 10 nitrogen and oxygen atoms in total. The van der Waals surface area contributed by atoms with Crippen molar-refractivity contribution in [2.45, 2.75) is 24.9 Å². The Balaban J connectivity index is 1.82. The molecule has 3 heterocycles. The van der Waals surface area contributed by atoms with Crippen LogP contribution in [-0.2, 0) is 30.2 Å². The van der Waals surface area contributed by atoms with Crippen molar-refractivity contribution in [1.82, 2.24) is 33.2 Å². The van der Waals surface area contributed by atoms with Gasteiger partial charge in [0, 0.05) is 27.7 Å². The minimum Gasteiger partial charge on any atom is -0.327 e. The van der Waals surface area contributed by atoms with E-state index in [-0.39, 0.29) is 17.0 Å². The van der Waals surface area contributed by atoms with E-state index in [1.807, 2.05) is 11.5 Å². The third kappa shape index (κ3) is 3.02. The van der Waals surface area contributed by atoms with Gasteiger partial charge in [0.2, 0.25) is 10.0 Å². The maximum atomic E-state index is 12.8. The smallest absolute Gasteiger partial charge is 0.264 e. The number of fused-ring (bicyclic) bond motifs is 2. The van der Waals surface area contributed by atoms with Crippen LogP contribution >= 0.6 is 0 Å². The highest BCUT2D eigenvalue weighted by Gasteiger charge is 2.20. The summed E-state index contributed by atoms with van der Waals surface area (Å²) in [6.07, 6.45) is 2.98. The molecule has 4 aromatic rings. The van der Waals surface area contributed by atoms with Crippen LogP contribution in [0.5, 0.6) is 0 Å². The van der Waals surface area contributed by atoms with Crippen LogP contribution in [0.3, 0.4) is 0 Å². The Morgan fingerprint density at radius 1 is 1.21 bits per heavy atom. The maximum absolute atomic E-state index is 12.8. The molecule has 0 aliphatic heterocycles. The van der Waals surface area contributed by atoms with Crippen molar-refractivity contribution in [1.29, 1.82) is 0 Å². The van der Waals surface area contributed by atoms with E-state index in [2.05, 4.69) is 15.1 Å². The molecular formula is C18H21N7O3S. The van der Waals surface area contributed by atoms with Crippen molar-refractivity contribution < 1.29 is 8.42 Å². The highest BCUT2D eigenvalue weighted by atomic mass is 32.2. The van der Waals surface area contributed by atoms with E-state index in [9.17, 15) is 13.2 Å². The number of nitrogens with zero attached hydrogens (tertiary/aromatic N) is 7. The minimum atomic E-state index is -3.56. The zero-order chi connectivity index (χ0) is 20.9. The fraction of sp³-hybridized carbons (Fsp3) is 0.333. The molecule has 0 amide bonds. The van der Waals surface area contributed by atoms with Gasteiger partial charge in [0.1, 0.15) is 17.5 Å². The fourth-order valence-electron chi connectivity index (χ4n) is 3.34. The molecule has 0 saturated heterocycles. The number of aromatic nitrogens is 6. The number of hydrogen-bond acceptors (Lipinski definition) is 6. The zero-order valence-corrected chi connectivity index (χ0v) is 17.4. The van der Waals surface area contributed by atoms with E-state index >= 15 is 0 Å². The molecule has 11 heteroatoms. The predicted octanol–water partition coefficient (Wildman–Crippen LogP) is 0.798. The van der Waals surface area contributed by atoms with Crippen LogP contribution in [0, 0.1) is 0 Å². The maximum Gasteiger partial charge on any atom is 0.264 e. The molecule has 0 fully saturated rings. The summed E-state index contributed by atoms with van der Waals surface area (Å²) in [5, 5.41) is 4.52. The summed E-state index contributed by atoms with van der Waals surface area (Å²) in [5.41, 5.74) is 1.69. The van der Waals surface area contributed by atoms with E-state index < -0.39 is 10.0 Å². The Hall–Kier alpha value is -3.05. The van der Waals surface area contributed by atoms with Gasteiger partial charge in [-0.05, 0) is 25.1 Å². The van der Waals surface area contributed by atoms with Crippen molar-refractivity contribution in [3.63, 3.8) is 0 Å². The molecule has 0 aliphatic carbocycles. The van der Waals surface area contributed by atoms with Crippen molar-refractivity contribution >= 4 is 32.1 Å². The minimum absolute atomic E-state index is 0.179. The molecule has 0 aliphatic rings. The molecular weight excluding hydrogens is 394 g/mol. The summed E-state index contributed by atoms with van der Waals surface area (Å²) in [6.45, 7) is 2.82. The molecule has 152 valence electrons. The number of benzene rings is 1. The molecule has 3 aromatic heterocycles. The Labute approximate surface area is 167 Å². The Morgan fingerprint density at radius 3 is 2.66 bits per heavy atom. The molecule has 0 N–H and O–H groups in total. The SMILES string of the molecule is CCn1c(Cn2cnc3c(cnn3C)c2=O)nc2cc(S(=O)(=O)N(C)C)ccc21. The first-order valence-electron chi connectivity index (χ1n) is 9.03. The average molecular weight is 415 g/mol. The van der Waals surface area contributed by atoms with Gasteiger partial charge in [0.15, 0.2) is 5.65 Å². The Kier molecular flexibility index (Phi) is 4.50. The second-order valence-corrected chi connectivity index (χ2v) is 9.05. The summed E-state index contributed by atoms with van der Waals surface area (Å²) < 4.78 is 31.0. The number of sulfonamides is 1. The van der Waals surface area contributed by atoms with Crippen LogP contribution in [-0.4, -0.2) is 55.7 Å². The van der Waals surface area contributed by atoms with Gasteiger partial charge >= 0.3 is 0 Å². The lowest BCUT2D eigenvalue weighted by Crippen LogP contribution is -2.22. The fourth-order valence-corrected chi connectivity index (χ4v) is 4.26. The van der Waals surface area contributed by atoms with E-state index in [4.69, 9.17) is 0 Å². The average Bonchev–Trinajstić information content (AvgIpc) is 3.23. The standard InChI is InChI=1S/C18H21N7O3S/c1-5-25-15-7-6-12(29(27,28)22(2)3)8-14(15)21-16(25)10-24-11-19-17-13(18(24)26)9-20-23(17)4/h6-9,11H,5,10H2,1-4H3. The predicted molar refractivity (Wildman–Crippen MR) is 108 cm³/mol. The lowest BCUT2D eigenvalue weighted by atomic mass is 10.3. The Morgan fingerprint density at radius 2 is 1.97 bits per heavy atom. The van der Waals surface area contributed by atoms with Gasteiger partial charge < -0.3 is 4.57 Å². The molecule has 4 rings (SSSR count). The molecule has 0 bridgehead atoms. The first-order chi connectivity index (χ1) is 13.7. The van der Waals surface area contributed by atoms with E-state index in [0.29, 0.717) is 28.9 Å². The summed E-state index contributed by atoms with van der Waals surface area (Å²) in [7, 11) is 1.15. The van der Waals surface area contributed by atoms with E-state index in [1.54, 1.807) is 29.9 Å².